The predicted octanol–water partition coefficient (Wildman–Crippen LogP) is 2.04. The highest BCUT2D eigenvalue weighted by atomic mass is 16.5. The van der Waals surface area contributed by atoms with Crippen molar-refractivity contribution >= 4 is 5.65 Å². The maximum absolute atomic E-state index is 12.4. The molecule has 0 saturated carbocycles. The minimum Gasteiger partial charge on any atom is -0.381 e. The number of nitrogens with zero attached hydrogens (tertiary/aromatic N) is 3. The van der Waals surface area contributed by atoms with Gasteiger partial charge in [-0.25, -0.2) is 9.50 Å². The highest BCUT2D eigenvalue weighted by Crippen LogP contribution is 2.33. The molecular formula is C17H24N4O2. The number of nitrogens with one attached hydrogen (secondary N) is 1. The van der Waals surface area contributed by atoms with Gasteiger partial charge in [0.1, 0.15) is 0 Å². The number of likely N-dealkylation sites (tertiary alicyclic amines) is 1. The van der Waals surface area contributed by atoms with Gasteiger partial charge in [0.2, 0.25) is 0 Å². The van der Waals surface area contributed by atoms with Crippen molar-refractivity contribution in [3.05, 3.63) is 33.9 Å². The summed E-state index contributed by atoms with van der Waals surface area (Å²) in [6.45, 7) is 4.74. The van der Waals surface area contributed by atoms with Crippen LogP contribution >= 0.6 is 0 Å². The summed E-state index contributed by atoms with van der Waals surface area (Å²) in [6, 6.07) is 4.47. The van der Waals surface area contributed by atoms with E-state index in [1.165, 1.54) is 17.4 Å². The summed E-state index contributed by atoms with van der Waals surface area (Å²) in [5.74, 6) is 0. The molecule has 6 heteroatoms. The fourth-order valence-electron chi connectivity index (χ4n) is 4.03. The summed E-state index contributed by atoms with van der Waals surface area (Å²) >= 11 is 0. The maximum atomic E-state index is 12.4. The van der Waals surface area contributed by atoms with Gasteiger partial charge in [-0.15, -0.1) is 0 Å². The zero-order valence-electron chi connectivity index (χ0n) is 13.6. The number of rotatable bonds is 2. The minimum atomic E-state index is -0.0180. The van der Waals surface area contributed by atoms with Crippen LogP contribution in [0.3, 0.4) is 0 Å². The molecular weight excluding hydrogens is 292 g/mol. The smallest absolute Gasteiger partial charge is 0.272 e. The molecule has 2 fully saturated rings. The molecule has 2 aliphatic rings. The van der Waals surface area contributed by atoms with E-state index in [9.17, 15) is 4.79 Å². The molecule has 0 aromatic carbocycles. The Labute approximate surface area is 135 Å². The van der Waals surface area contributed by atoms with E-state index >= 15 is 0 Å². The van der Waals surface area contributed by atoms with Crippen molar-refractivity contribution in [2.75, 3.05) is 19.8 Å². The SMILES string of the molecule is Cc1cc2nc(C3CCCCN3C3CCOCC3)cc(=O)n2[nH]1. The van der Waals surface area contributed by atoms with Gasteiger partial charge in [0, 0.05) is 37.1 Å². The lowest BCUT2D eigenvalue weighted by Gasteiger charge is -2.42. The molecule has 6 nitrogen and oxygen atoms in total. The summed E-state index contributed by atoms with van der Waals surface area (Å²) in [7, 11) is 0. The van der Waals surface area contributed by atoms with Gasteiger partial charge in [-0.3, -0.25) is 14.8 Å². The molecule has 0 spiro atoms. The molecule has 0 radical (unpaired) electrons. The van der Waals surface area contributed by atoms with Crippen LogP contribution in [-0.4, -0.2) is 45.3 Å². The normalized spacial score (nSPS) is 24.3. The number of fused-ring (bicyclic) bond motifs is 1. The Morgan fingerprint density at radius 2 is 2.04 bits per heavy atom. The molecule has 124 valence electrons. The second kappa shape index (κ2) is 6.09. The van der Waals surface area contributed by atoms with Gasteiger partial charge in [0.05, 0.1) is 11.7 Å². The third kappa shape index (κ3) is 2.81. The van der Waals surface area contributed by atoms with Crippen molar-refractivity contribution in [3.63, 3.8) is 0 Å². The zero-order chi connectivity index (χ0) is 15.8. The molecule has 2 saturated heterocycles. The fraction of sp³-hybridized carbons (Fsp3) is 0.647. The van der Waals surface area contributed by atoms with E-state index in [1.807, 2.05) is 13.0 Å². The number of hydrogen-bond acceptors (Lipinski definition) is 4. The monoisotopic (exact) mass is 316 g/mol. The lowest BCUT2D eigenvalue weighted by atomic mass is 9.94. The average Bonchev–Trinajstić information content (AvgIpc) is 2.97. The molecule has 2 aromatic heterocycles. The number of hydrogen-bond donors (Lipinski definition) is 1. The van der Waals surface area contributed by atoms with Crippen molar-refractivity contribution < 1.29 is 4.74 Å². The third-order valence-corrected chi connectivity index (χ3v) is 5.14. The van der Waals surface area contributed by atoms with Gasteiger partial charge in [0.15, 0.2) is 5.65 Å². The van der Waals surface area contributed by atoms with Crippen LogP contribution in [0.25, 0.3) is 5.65 Å². The van der Waals surface area contributed by atoms with Crippen LogP contribution in [0.4, 0.5) is 0 Å². The topological polar surface area (TPSA) is 62.6 Å². The van der Waals surface area contributed by atoms with Crippen LogP contribution in [0.1, 0.15) is 49.5 Å². The summed E-state index contributed by atoms with van der Waals surface area (Å²) < 4.78 is 7.04. The molecule has 0 aliphatic carbocycles. The Morgan fingerprint density at radius 3 is 2.87 bits per heavy atom. The van der Waals surface area contributed by atoms with Gasteiger partial charge >= 0.3 is 0 Å². The molecule has 2 aliphatic heterocycles. The molecule has 4 rings (SSSR count). The summed E-state index contributed by atoms with van der Waals surface area (Å²) in [6.07, 6.45) is 5.70. The Hall–Kier alpha value is -1.66. The van der Waals surface area contributed by atoms with Crippen LogP contribution in [0.5, 0.6) is 0 Å². The van der Waals surface area contributed by atoms with E-state index in [0.717, 1.165) is 56.1 Å². The first-order chi connectivity index (χ1) is 11.2. The van der Waals surface area contributed by atoms with Gasteiger partial charge in [0.25, 0.3) is 5.56 Å². The lowest BCUT2D eigenvalue weighted by Crippen LogP contribution is -2.44. The van der Waals surface area contributed by atoms with E-state index in [2.05, 4.69) is 10.00 Å². The Balaban J connectivity index is 1.70. The molecule has 1 atom stereocenters. The van der Waals surface area contributed by atoms with Crippen LogP contribution < -0.4 is 5.56 Å². The van der Waals surface area contributed by atoms with E-state index in [1.54, 1.807) is 6.07 Å². The highest BCUT2D eigenvalue weighted by Gasteiger charge is 2.32. The van der Waals surface area contributed by atoms with Crippen molar-refractivity contribution in [2.24, 2.45) is 0 Å². The van der Waals surface area contributed by atoms with Crippen LogP contribution in [-0.2, 0) is 4.74 Å². The summed E-state index contributed by atoms with van der Waals surface area (Å²) in [5.41, 5.74) is 2.59. The van der Waals surface area contributed by atoms with E-state index < -0.39 is 0 Å². The van der Waals surface area contributed by atoms with E-state index in [0.29, 0.717) is 6.04 Å². The molecule has 0 bridgehead atoms. The predicted molar refractivity (Wildman–Crippen MR) is 87.7 cm³/mol. The minimum absolute atomic E-state index is 0.0180. The molecule has 1 unspecified atom stereocenters. The number of aromatic nitrogens is 3. The van der Waals surface area contributed by atoms with E-state index in [4.69, 9.17) is 9.72 Å². The molecule has 2 aromatic rings. The highest BCUT2D eigenvalue weighted by molar-refractivity contribution is 5.39. The zero-order valence-corrected chi connectivity index (χ0v) is 13.6. The van der Waals surface area contributed by atoms with Crippen molar-refractivity contribution in [1.82, 2.24) is 19.5 Å². The standard InChI is InChI=1S/C17H24N4O2/c1-12-10-16-18-14(11-17(22)21(16)19-12)15-4-2-3-7-20(15)13-5-8-23-9-6-13/h10-11,13,15,19H,2-9H2,1H3. The lowest BCUT2D eigenvalue weighted by molar-refractivity contribution is 0.00317. The van der Waals surface area contributed by atoms with Gasteiger partial charge in [-0.1, -0.05) is 6.42 Å². The Bertz CT molecular complexity index is 745. The molecule has 1 N–H and O–H groups in total. The molecule has 4 heterocycles. The van der Waals surface area contributed by atoms with Crippen LogP contribution in [0.15, 0.2) is 16.9 Å². The summed E-state index contributed by atoms with van der Waals surface area (Å²) in [5, 5.41) is 3.04. The first kappa shape index (κ1) is 14.9. The maximum Gasteiger partial charge on any atom is 0.272 e. The Kier molecular flexibility index (Phi) is 3.95. The largest absolute Gasteiger partial charge is 0.381 e. The third-order valence-electron chi connectivity index (χ3n) is 5.14. The second-order valence-corrected chi connectivity index (χ2v) is 6.74. The number of ether oxygens (including phenoxy) is 1. The van der Waals surface area contributed by atoms with Crippen LogP contribution in [0, 0.1) is 6.92 Å². The van der Waals surface area contributed by atoms with E-state index in [-0.39, 0.29) is 11.6 Å². The molecule has 0 amide bonds. The fourth-order valence-corrected chi connectivity index (χ4v) is 4.03. The van der Waals surface area contributed by atoms with Gasteiger partial charge in [-0.05, 0) is 39.2 Å². The Morgan fingerprint density at radius 1 is 1.22 bits per heavy atom. The number of H-pyrrole nitrogens is 1. The number of aryl methyl sites for hydroxylation is 1. The van der Waals surface area contributed by atoms with Gasteiger partial charge in [-0.2, -0.15) is 0 Å². The van der Waals surface area contributed by atoms with Crippen LogP contribution in [0.2, 0.25) is 0 Å². The quantitative estimate of drug-likeness (QED) is 0.921. The van der Waals surface area contributed by atoms with Crippen molar-refractivity contribution in [3.8, 4) is 0 Å². The van der Waals surface area contributed by atoms with Crippen molar-refractivity contribution in [1.29, 1.82) is 0 Å². The number of aromatic amines is 1. The second-order valence-electron chi connectivity index (χ2n) is 6.74. The number of piperidine rings is 1. The first-order valence-electron chi connectivity index (χ1n) is 8.65. The average molecular weight is 316 g/mol. The van der Waals surface area contributed by atoms with Crippen molar-refractivity contribution in [2.45, 2.75) is 51.1 Å². The summed E-state index contributed by atoms with van der Waals surface area (Å²) in [4.78, 5) is 19.7. The molecule has 23 heavy (non-hydrogen) atoms. The van der Waals surface area contributed by atoms with Gasteiger partial charge < -0.3 is 4.74 Å². The first-order valence-corrected chi connectivity index (χ1v) is 8.65.